The molecule has 0 amide bonds. The van der Waals surface area contributed by atoms with Crippen LogP contribution in [0.5, 0.6) is 5.75 Å². The number of fused-ring (bicyclic) bond motifs is 3. The number of aromatic nitrogens is 1. The monoisotopic (exact) mass is 266 g/mol. The lowest BCUT2D eigenvalue weighted by atomic mass is 10.1. The number of ether oxygens (including phenoxy) is 1. The molecule has 2 heterocycles. The Morgan fingerprint density at radius 2 is 2.15 bits per heavy atom. The van der Waals surface area contributed by atoms with Crippen LogP contribution in [0.4, 0.5) is 0 Å². The highest BCUT2D eigenvalue weighted by atomic mass is 16.5. The van der Waals surface area contributed by atoms with Gasteiger partial charge in [0.15, 0.2) is 6.61 Å². The van der Waals surface area contributed by atoms with Gasteiger partial charge in [0.25, 0.3) is 0 Å². The molecule has 98 valence electrons. The van der Waals surface area contributed by atoms with Crippen molar-refractivity contribution in [3.05, 3.63) is 48.2 Å². The molecule has 1 N–H and O–H groups in total. The van der Waals surface area contributed by atoms with E-state index in [-0.39, 0.29) is 12.2 Å². The number of nitrogens with zero attached hydrogens (tertiary/aromatic N) is 2. The molecule has 0 aliphatic carbocycles. The van der Waals surface area contributed by atoms with E-state index in [1.54, 1.807) is 40.9 Å². The van der Waals surface area contributed by atoms with Crippen molar-refractivity contribution < 1.29 is 14.6 Å². The summed E-state index contributed by atoms with van der Waals surface area (Å²) in [6, 6.07) is 12.4. The molecule has 0 aliphatic rings. The van der Waals surface area contributed by atoms with Crippen LogP contribution in [0.3, 0.4) is 0 Å². The average Bonchev–Trinajstić information content (AvgIpc) is 2.79. The van der Waals surface area contributed by atoms with Crippen molar-refractivity contribution in [1.29, 1.82) is 5.26 Å². The minimum absolute atomic E-state index is 0.0411. The van der Waals surface area contributed by atoms with Gasteiger partial charge in [0.2, 0.25) is 0 Å². The van der Waals surface area contributed by atoms with E-state index < -0.39 is 5.97 Å². The summed E-state index contributed by atoms with van der Waals surface area (Å²) in [7, 11) is 0. The van der Waals surface area contributed by atoms with E-state index in [9.17, 15) is 9.90 Å². The Balaban J connectivity index is 2.32. The van der Waals surface area contributed by atoms with E-state index in [0.29, 0.717) is 16.7 Å². The lowest BCUT2D eigenvalue weighted by Crippen LogP contribution is -1.95. The maximum absolute atomic E-state index is 11.5. The highest BCUT2D eigenvalue weighted by Gasteiger charge is 2.17. The van der Waals surface area contributed by atoms with Crippen molar-refractivity contribution in [2.24, 2.45) is 0 Å². The zero-order chi connectivity index (χ0) is 14.1. The molecule has 2 aromatic heterocycles. The van der Waals surface area contributed by atoms with Gasteiger partial charge in [-0.2, -0.15) is 5.26 Å². The third-order valence-corrected chi connectivity index (χ3v) is 3.13. The predicted molar refractivity (Wildman–Crippen MR) is 73.0 cm³/mol. The molecule has 0 saturated heterocycles. The number of nitriles is 1. The maximum Gasteiger partial charge on any atom is 0.338 e. The van der Waals surface area contributed by atoms with E-state index in [1.807, 2.05) is 12.1 Å². The minimum Gasteiger partial charge on any atom is -0.479 e. The van der Waals surface area contributed by atoms with Gasteiger partial charge in [0, 0.05) is 17.6 Å². The van der Waals surface area contributed by atoms with Crippen LogP contribution < -0.4 is 4.74 Å². The van der Waals surface area contributed by atoms with E-state index >= 15 is 0 Å². The quantitative estimate of drug-likeness (QED) is 0.790. The fraction of sp³-hybridized carbons (Fsp3) is 0.0667. The first-order chi connectivity index (χ1) is 9.72. The molecule has 0 saturated carbocycles. The third kappa shape index (κ3) is 1.75. The second-order valence-electron chi connectivity index (χ2n) is 4.26. The van der Waals surface area contributed by atoms with Gasteiger partial charge >= 0.3 is 5.97 Å². The summed E-state index contributed by atoms with van der Waals surface area (Å²) in [4.78, 5) is 11.5. The Labute approximate surface area is 114 Å². The van der Waals surface area contributed by atoms with Crippen LogP contribution in [-0.4, -0.2) is 22.1 Å². The minimum atomic E-state index is -0.964. The summed E-state index contributed by atoms with van der Waals surface area (Å²) >= 11 is 0. The molecule has 0 atom stereocenters. The smallest absolute Gasteiger partial charge is 0.338 e. The van der Waals surface area contributed by atoms with Crippen molar-refractivity contribution in [3.63, 3.8) is 0 Å². The van der Waals surface area contributed by atoms with Crippen LogP contribution in [0.2, 0.25) is 0 Å². The van der Waals surface area contributed by atoms with E-state index in [2.05, 4.69) is 0 Å². The Hall–Kier alpha value is -3.00. The number of carbonyl (C=O) groups is 1. The maximum atomic E-state index is 11.5. The van der Waals surface area contributed by atoms with Crippen molar-refractivity contribution in [2.75, 3.05) is 6.61 Å². The highest BCUT2D eigenvalue weighted by Crippen LogP contribution is 2.29. The van der Waals surface area contributed by atoms with Gasteiger partial charge in [-0.3, -0.25) is 0 Å². The number of benzene rings is 1. The third-order valence-electron chi connectivity index (χ3n) is 3.13. The molecule has 0 aliphatic heterocycles. The Bertz CT molecular complexity index is 859. The Morgan fingerprint density at radius 3 is 2.90 bits per heavy atom. The number of rotatable bonds is 3. The molecule has 3 rings (SSSR count). The molecule has 5 heteroatoms. The summed E-state index contributed by atoms with van der Waals surface area (Å²) in [5.41, 5.74) is 1.65. The number of hydrogen-bond acceptors (Lipinski definition) is 3. The summed E-state index contributed by atoms with van der Waals surface area (Å²) in [5.74, 6) is -0.423. The predicted octanol–water partition coefficient (Wildman–Crippen LogP) is 2.69. The van der Waals surface area contributed by atoms with Gasteiger partial charge in [0.1, 0.15) is 11.8 Å². The summed E-state index contributed by atoms with van der Waals surface area (Å²) in [6.07, 6.45) is 1.80. The fourth-order valence-corrected chi connectivity index (χ4v) is 2.35. The van der Waals surface area contributed by atoms with Crippen LogP contribution in [0, 0.1) is 11.3 Å². The van der Waals surface area contributed by atoms with Crippen LogP contribution in [0.25, 0.3) is 16.4 Å². The molecule has 0 radical (unpaired) electrons. The van der Waals surface area contributed by atoms with Crippen LogP contribution >= 0.6 is 0 Å². The number of carboxylic acids is 1. The van der Waals surface area contributed by atoms with Gasteiger partial charge < -0.3 is 14.2 Å². The lowest BCUT2D eigenvalue weighted by Gasteiger charge is -2.02. The summed E-state index contributed by atoms with van der Waals surface area (Å²) < 4.78 is 7.06. The molecule has 20 heavy (non-hydrogen) atoms. The number of pyridine rings is 1. The highest BCUT2D eigenvalue weighted by molar-refractivity contribution is 6.11. The fourth-order valence-electron chi connectivity index (χ4n) is 2.35. The van der Waals surface area contributed by atoms with E-state index in [0.717, 1.165) is 5.52 Å². The first-order valence-corrected chi connectivity index (χ1v) is 5.98. The van der Waals surface area contributed by atoms with Crippen molar-refractivity contribution in [3.8, 4) is 11.8 Å². The first-order valence-electron chi connectivity index (χ1n) is 5.98. The Kier molecular flexibility index (Phi) is 2.77. The lowest BCUT2D eigenvalue weighted by molar-refractivity contribution is 0.0701. The molecule has 0 bridgehead atoms. The van der Waals surface area contributed by atoms with Crippen LogP contribution in [0.15, 0.2) is 42.6 Å². The topological polar surface area (TPSA) is 74.7 Å². The second kappa shape index (κ2) is 4.59. The normalized spacial score (nSPS) is 10.6. The first kappa shape index (κ1) is 12.1. The molecular weight excluding hydrogens is 256 g/mol. The van der Waals surface area contributed by atoms with Gasteiger partial charge in [0.05, 0.1) is 16.6 Å². The van der Waals surface area contributed by atoms with Gasteiger partial charge in [-0.25, -0.2) is 4.79 Å². The van der Waals surface area contributed by atoms with Crippen molar-refractivity contribution in [1.82, 2.24) is 4.40 Å². The number of hydrogen-bond donors (Lipinski definition) is 1. The molecule has 0 unspecified atom stereocenters. The van der Waals surface area contributed by atoms with Crippen molar-refractivity contribution >= 4 is 22.4 Å². The van der Waals surface area contributed by atoms with Crippen molar-refractivity contribution in [2.45, 2.75) is 0 Å². The van der Waals surface area contributed by atoms with Crippen LogP contribution in [-0.2, 0) is 0 Å². The standard InChI is InChI=1S/C15H10N2O3/c16-6-8-20-10-4-5-11-13(9-10)17-7-2-1-3-12(17)14(11)15(18)19/h1-5,7,9H,8H2,(H,18,19). The average molecular weight is 266 g/mol. The molecule has 5 nitrogen and oxygen atoms in total. The van der Waals surface area contributed by atoms with Gasteiger partial charge in [-0.05, 0) is 24.3 Å². The molecule has 3 aromatic rings. The van der Waals surface area contributed by atoms with E-state index in [1.165, 1.54) is 0 Å². The van der Waals surface area contributed by atoms with E-state index in [4.69, 9.17) is 10.00 Å². The summed E-state index contributed by atoms with van der Waals surface area (Å²) in [6.45, 7) is -0.0411. The number of carboxylic acid groups (broad SMARTS) is 1. The van der Waals surface area contributed by atoms with Gasteiger partial charge in [-0.1, -0.05) is 6.07 Å². The van der Waals surface area contributed by atoms with Gasteiger partial charge in [-0.15, -0.1) is 0 Å². The SMILES string of the molecule is N#CCOc1ccc2c(C(=O)O)c3ccccn3c2c1. The largest absolute Gasteiger partial charge is 0.479 e. The molecular formula is C15H10N2O3. The zero-order valence-electron chi connectivity index (χ0n) is 10.4. The molecule has 0 spiro atoms. The van der Waals surface area contributed by atoms with Crippen LogP contribution in [0.1, 0.15) is 10.4 Å². The molecule has 0 fully saturated rings. The number of aromatic carboxylic acids is 1. The molecule has 1 aromatic carbocycles. The second-order valence-corrected chi connectivity index (χ2v) is 4.26. The summed E-state index contributed by atoms with van der Waals surface area (Å²) in [5, 5.41) is 18.6. The zero-order valence-corrected chi connectivity index (χ0v) is 10.4. The Morgan fingerprint density at radius 1 is 1.30 bits per heavy atom.